The lowest BCUT2D eigenvalue weighted by molar-refractivity contribution is 0.0287. The van der Waals surface area contributed by atoms with Crippen molar-refractivity contribution in [2.75, 3.05) is 5.32 Å². The second-order valence-corrected chi connectivity index (χ2v) is 10.7. The number of nitrogens with zero attached hydrogens (tertiary/aromatic N) is 7. The Morgan fingerprint density at radius 2 is 1.87 bits per heavy atom. The second kappa shape index (κ2) is 9.55. The SMILES string of the molecule is N#CCC1(n2cc(-c3ccnc(Nc4ccc(C(=O)N5[C@@H]6CC[C@H]5CC(O)C6)cc4)n3)cn2)CC(C#N)C1. The average molecular weight is 509 g/mol. The van der Waals surface area contributed by atoms with Crippen LogP contribution in [0.3, 0.4) is 0 Å². The molecule has 3 fully saturated rings. The van der Waals surface area contributed by atoms with Gasteiger partial charge in [0.1, 0.15) is 0 Å². The molecule has 1 aromatic carbocycles. The fraction of sp³-hybridized carbons (Fsp3) is 0.429. The van der Waals surface area contributed by atoms with Crippen LogP contribution in [0.25, 0.3) is 11.3 Å². The lowest BCUT2D eigenvalue weighted by Crippen LogP contribution is -2.47. The van der Waals surface area contributed by atoms with Crippen LogP contribution in [0.2, 0.25) is 0 Å². The molecule has 38 heavy (non-hydrogen) atoms. The van der Waals surface area contributed by atoms with Crippen LogP contribution < -0.4 is 5.32 Å². The van der Waals surface area contributed by atoms with E-state index in [0.717, 1.165) is 24.1 Å². The lowest BCUT2D eigenvalue weighted by atomic mass is 9.67. The average Bonchev–Trinajstić information content (AvgIpc) is 3.50. The van der Waals surface area contributed by atoms with Gasteiger partial charge in [0.15, 0.2) is 0 Å². The monoisotopic (exact) mass is 508 g/mol. The molecule has 1 saturated carbocycles. The first-order chi connectivity index (χ1) is 18.5. The molecule has 192 valence electrons. The van der Waals surface area contributed by atoms with E-state index >= 15 is 0 Å². The van der Waals surface area contributed by atoms with Gasteiger partial charge in [0.2, 0.25) is 5.95 Å². The molecule has 3 atom stereocenters. The molecular formula is C28H28N8O2. The van der Waals surface area contributed by atoms with Crippen LogP contribution in [0.4, 0.5) is 11.6 Å². The maximum Gasteiger partial charge on any atom is 0.254 e. The van der Waals surface area contributed by atoms with E-state index in [4.69, 9.17) is 0 Å². The minimum absolute atomic E-state index is 0.0212. The summed E-state index contributed by atoms with van der Waals surface area (Å²) in [7, 11) is 0. The van der Waals surface area contributed by atoms with Gasteiger partial charge in [-0.3, -0.25) is 9.48 Å². The smallest absolute Gasteiger partial charge is 0.254 e. The zero-order valence-corrected chi connectivity index (χ0v) is 20.9. The van der Waals surface area contributed by atoms with Crippen molar-refractivity contribution < 1.29 is 9.90 Å². The van der Waals surface area contributed by atoms with Gasteiger partial charge < -0.3 is 15.3 Å². The summed E-state index contributed by atoms with van der Waals surface area (Å²) in [6.45, 7) is 0. The van der Waals surface area contributed by atoms with E-state index in [1.54, 1.807) is 23.1 Å². The first-order valence-corrected chi connectivity index (χ1v) is 13.0. The van der Waals surface area contributed by atoms with Crippen molar-refractivity contribution in [2.45, 2.75) is 68.7 Å². The molecule has 0 radical (unpaired) electrons. The molecule has 6 rings (SSSR count). The standard InChI is InChI=1S/C28H28N8O2/c29-9-8-28(13-18(14-28)15-30)35-17-20(16-32-35)25-7-10-31-27(34-25)33-21-3-1-19(2-4-21)26(38)36-22-5-6-23(36)12-24(37)11-22/h1-4,7,10,16-18,22-24,37H,5-6,8,11-14H2,(H,31,33,34)/t18?,22-,23+,24?,28?. The molecule has 0 spiro atoms. The number of amides is 1. The van der Waals surface area contributed by atoms with Gasteiger partial charge in [0.05, 0.1) is 48.0 Å². The van der Waals surface area contributed by atoms with Crippen LogP contribution in [0, 0.1) is 28.6 Å². The van der Waals surface area contributed by atoms with Gasteiger partial charge in [-0.1, -0.05) is 0 Å². The normalized spacial score (nSPS) is 27.7. The molecule has 2 aliphatic heterocycles. The zero-order valence-electron chi connectivity index (χ0n) is 20.9. The van der Waals surface area contributed by atoms with Crippen molar-refractivity contribution in [1.82, 2.24) is 24.6 Å². The lowest BCUT2D eigenvalue weighted by Gasteiger charge is -2.43. The third-order valence-corrected chi connectivity index (χ3v) is 8.19. The van der Waals surface area contributed by atoms with Crippen LogP contribution in [0.5, 0.6) is 0 Å². The molecule has 2 bridgehead atoms. The third kappa shape index (κ3) is 4.27. The first kappa shape index (κ1) is 24.1. The van der Waals surface area contributed by atoms with Crippen LogP contribution in [0.1, 0.15) is 55.3 Å². The fourth-order valence-electron chi connectivity index (χ4n) is 6.26. The number of hydrogen-bond acceptors (Lipinski definition) is 8. The van der Waals surface area contributed by atoms with Crippen molar-refractivity contribution in [3.05, 3.63) is 54.5 Å². The highest BCUT2D eigenvalue weighted by Gasteiger charge is 2.47. The van der Waals surface area contributed by atoms with Crippen molar-refractivity contribution >= 4 is 17.5 Å². The molecule has 4 heterocycles. The van der Waals surface area contributed by atoms with E-state index in [9.17, 15) is 20.4 Å². The van der Waals surface area contributed by atoms with Crippen LogP contribution in [0.15, 0.2) is 48.9 Å². The summed E-state index contributed by atoms with van der Waals surface area (Å²) in [5.74, 6) is 0.390. The Labute approximate surface area is 220 Å². The Bertz CT molecular complexity index is 1420. The van der Waals surface area contributed by atoms with E-state index in [1.807, 2.05) is 35.4 Å². The molecule has 3 aliphatic rings. The number of anilines is 2. The predicted octanol–water partition coefficient (Wildman–Crippen LogP) is 3.75. The Kier molecular flexibility index (Phi) is 6.05. The van der Waals surface area contributed by atoms with Crippen molar-refractivity contribution in [3.63, 3.8) is 0 Å². The minimum atomic E-state index is -0.436. The summed E-state index contributed by atoms with van der Waals surface area (Å²) in [5.41, 5.74) is 2.44. The molecular weight excluding hydrogens is 480 g/mol. The highest BCUT2D eigenvalue weighted by molar-refractivity contribution is 5.95. The van der Waals surface area contributed by atoms with Gasteiger partial charge in [-0.15, -0.1) is 0 Å². The summed E-state index contributed by atoms with van der Waals surface area (Å²) in [6, 6.07) is 13.9. The van der Waals surface area contributed by atoms with Crippen LogP contribution in [-0.2, 0) is 5.54 Å². The van der Waals surface area contributed by atoms with E-state index < -0.39 is 5.54 Å². The number of carbonyl (C=O) groups is 1. The quantitative estimate of drug-likeness (QED) is 0.512. The van der Waals surface area contributed by atoms with Crippen LogP contribution >= 0.6 is 0 Å². The summed E-state index contributed by atoms with van der Waals surface area (Å²) < 4.78 is 1.81. The van der Waals surface area contributed by atoms with E-state index in [-0.39, 0.29) is 30.0 Å². The van der Waals surface area contributed by atoms with Gasteiger partial charge in [0.25, 0.3) is 5.91 Å². The number of benzene rings is 1. The zero-order chi connectivity index (χ0) is 26.3. The molecule has 2 saturated heterocycles. The Morgan fingerprint density at radius 3 is 2.55 bits per heavy atom. The third-order valence-electron chi connectivity index (χ3n) is 8.19. The fourth-order valence-corrected chi connectivity index (χ4v) is 6.26. The van der Waals surface area contributed by atoms with E-state index in [0.29, 0.717) is 49.3 Å². The molecule has 10 nitrogen and oxygen atoms in total. The summed E-state index contributed by atoms with van der Waals surface area (Å²) in [6.07, 6.45) is 9.75. The highest BCUT2D eigenvalue weighted by atomic mass is 16.3. The molecule has 2 aromatic heterocycles. The minimum Gasteiger partial charge on any atom is -0.393 e. The summed E-state index contributed by atoms with van der Waals surface area (Å²) >= 11 is 0. The number of aromatic nitrogens is 4. The maximum atomic E-state index is 13.2. The molecule has 3 aromatic rings. The number of fused-ring (bicyclic) bond motifs is 2. The predicted molar refractivity (Wildman–Crippen MR) is 138 cm³/mol. The van der Waals surface area contributed by atoms with Crippen LogP contribution in [-0.4, -0.2) is 53.8 Å². The molecule has 2 N–H and O–H groups in total. The van der Waals surface area contributed by atoms with E-state index in [1.165, 1.54) is 0 Å². The molecule has 1 amide bonds. The first-order valence-electron chi connectivity index (χ1n) is 13.0. The van der Waals surface area contributed by atoms with Crippen molar-refractivity contribution in [1.29, 1.82) is 10.5 Å². The number of aliphatic hydroxyl groups excluding tert-OH is 1. The van der Waals surface area contributed by atoms with Gasteiger partial charge in [-0.05, 0) is 68.9 Å². The topological polar surface area (TPSA) is 144 Å². The van der Waals surface area contributed by atoms with Gasteiger partial charge >= 0.3 is 0 Å². The number of piperidine rings is 1. The van der Waals surface area contributed by atoms with Gasteiger partial charge in [0, 0.05) is 41.3 Å². The van der Waals surface area contributed by atoms with E-state index in [2.05, 4.69) is 32.5 Å². The van der Waals surface area contributed by atoms with Gasteiger partial charge in [-0.2, -0.15) is 15.6 Å². The molecule has 10 heteroatoms. The Hall–Kier alpha value is -4.28. The highest BCUT2D eigenvalue weighted by Crippen LogP contribution is 2.46. The summed E-state index contributed by atoms with van der Waals surface area (Å²) in [4.78, 5) is 24.1. The number of nitrogens with one attached hydrogen (secondary N) is 1. The maximum absolute atomic E-state index is 13.2. The largest absolute Gasteiger partial charge is 0.393 e. The second-order valence-electron chi connectivity index (χ2n) is 10.7. The van der Waals surface area contributed by atoms with Gasteiger partial charge in [-0.25, -0.2) is 9.97 Å². The summed E-state index contributed by atoms with van der Waals surface area (Å²) in [5, 5.41) is 36.2. The number of carbonyl (C=O) groups excluding carboxylic acids is 1. The van der Waals surface area contributed by atoms with Crippen molar-refractivity contribution in [3.8, 4) is 23.4 Å². The number of hydrogen-bond donors (Lipinski definition) is 2. The van der Waals surface area contributed by atoms with Crippen molar-refractivity contribution in [2.24, 2.45) is 5.92 Å². The number of nitriles is 2. The number of aliphatic hydroxyl groups is 1. The molecule has 1 aliphatic carbocycles. The Balaban J connectivity index is 1.14. The molecule has 1 unspecified atom stereocenters. The Morgan fingerprint density at radius 1 is 1.13 bits per heavy atom. The number of rotatable bonds is 6.